The van der Waals surface area contributed by atoms with Crippen LogP contribution in [0.15, 0.2) is 239 Å². The topological polar surface area (TPSA) is 34.5 Å². The molecule has 3 heterocycles. The lowest BCUT2D eigenvalue weighted by Gasteiger charge is -2.30. The largest absolute Gasteiger partial charge is 0.456 e. The van der Waals surface area contributed by atoms with Gasteiger partial charge in [0.15, 0.2) is 0 Å². The number of aromatic nitrogens is 1. The SMILES string of the molecule is c1ccc(N(c2cc(-c3ccccc3-n3c4ccccc4c4ccccc43)c3oc4ccccc4c3c2)c2cccc3c2ccc2ccccc23)c(-c2cccc3oc4ccccc4c23)c1. The lowest BCUT2D eigenvalue weighted by Crippen LogP contribution is -2.12. The summed E-state index contributed by atoms with van der Waals surface area (Å²) in [6.45, 7) is 0. The van der Waals surface area contributed by atoms with Gasteiger partial charge in [-0.2, -0.15) is 0 Å². The third-order valence-corrected chi connectivity index (χ3v) is 13.6. The van der Waals surface area contributed by atoms with Gasteiger partial charge in [-0.3, -0.25) is 0 Å². The highest BCUT2D eigenvalue weighted by atomic mass is 16.3. The first kappa shape index (κ1) is 36.6. The van der Waals surface area contributed by atoms with E-state index in [2.05, 4.69) is 234 Å². The second kappa shape index (κ2) is 14.3. The van der Waals surface area contributed by atoms with Gasteiger partial charge in [0, 0.05) is 60.1 Å². The summed E-state index contributed by atoms with van der Waals surface area (Å²) in [7, 11) is 0. The third-order valence-electron chi connectivity index (χ3n) is 13.6. The van der Waals surface area contributed by atoms with Crippen LogP contribution in [0.3, 0.4) is 0 Å². The number of hydrogen-bond acceptors (Lipinski definition) is 3. The molecule has 3 aromatic heterocycles. The van der Waals surface area contributed by atoms with Crippen LogP contribution in [0.1, 0.15) is 0 Å². The molecule has 0 aliphatic rings. The molecule has 308 valence electrons. The lowest BCUT2D eigenvalue weighted by molar-refractivity contribution is 0.669. The lowest BCUT2D eigenvalue weighted by atomic mass is 9.95. The first-order chi connectivity index (χ1) is 32.8. The number of benzene rings is 11. The van der Waals surface area contributed by atoms with Crippen LogP contribution in [-0.4, -0.2) is 4.57 Å². The zero-order chi connectivity index (χ0) is 43.3. The number of rotatable bonds is 6. The van der Waals surface area contributed by atoms with Gasteiger partial charge in [0.05, 0.1) is 28.1 Å². The van der Waals surface area contributed by atoms with Gasteiger partial charge < -0.3 is 18.3 Å². The zero-order valence-electron chi connectivity index (χ0n) is 35.7. The fourth-order valence-corrected chi connectivity index (χ4v) is 10.7. The molecular formula is C62H38N2O2. The van der Waals surface area contributed by atoms with Gasteiger partial charge in [0.25, 0.3) is 0 Å². The quantitative estimate of drug-likeness (QED) is 0.156. The molecule has 14 aromatic rings. The molecule has 0 atom stereocenters. The zero-order valence-corrected chi connectivity index (χ0v) is 35.7. The standard InChI is InChI=1S/C62H38N2O2/c1-2-18-41-39(17-1)35-36-47-42(41)25-15-31-54(47)63(53-27-9-5-21-45(53)49-26-16-34-60-61(49)50-24-8-14-33-59(50)65-60)40-37-51(62-52(38-40)48-23-7-13-32-58(48)66-62)46-22-6-12-30-57(46)64-55-28-10-3-19-43(55)44-20-4-11-29-56(44)64/h1-38H. The second-order valence-corrected chi connectivity index (χ2v) is 17.1. The number of furan rings is 2. The summed E-state index contributed by atoms with van der Waals surface area (Å²) in [5, 5.41) is 11.5. The molecule has 4 nitrogen and oxygen atoms in total. The molecule has 0 fully saturated rings. The third kappa shape index (κ3) is 5.39. The Hall–Kier alpha value is -8.86. The van der Waals surface area contributed by atoms with Crippen molar-refractivity contribution < 1.29 is 8.83 Å². The minimum absolute atomic E-state index is 0.847. The summed E-state index contributed by atoms with van der Waals surface area (Å²) in [5.74, 6) is 0. The Balaban J connectivity index is 1.11. The maximum atomic E-state index is 6.98. The van der Waals surface area contributed by atoms with E-state index in [1.165, 1.54) is 26.9 Å². The Kier molecular flexibility index (Phi) is 7.95. The summed E-state index contributed by atoms with van der Waals surface area (Å²) in [5.41, 5.74) is 14.2. The van der Waals surface area contributed by atoms with E-state index >= 15 is 0 Å². The van der Waals surface area contributed by atoms with Crippen LogP contribution >= 0.6 is 0 Å². The summed E-state index contributed by atoms with van der Waals surface area (Å²) >= 11 is 0. The van der Waals surface area contributed by atoms with Crippen LogP contribution in [0, 0.1) is 0 Å². The average Bonchev–Trinajstić information content (AvgIpc) is 4.06. The maximum Gasteiger partial charge on any atom is 0.143 e. The Morgan fingerprint density at radius 3 is 1.71 bits per heavy atom. The molecule has 0 bridgehead atoms. The number of para-hydroxylation sites is 6. The molecule has 66 heavy (non-hydrogen) atoms. The number of anilines is 3. The van der Waals surface area contributed by atoms with Crippen molar-refractivity contribution in [2.24, 2.45) is 0 Å². The fourth-order valence-electron chi connectivity index (χ4n) is 10.7. The van der Waals surface area contributed by atoms with Gasteiger partial charge in [-0.15, -0.1) is 0 Å². The molecule has 11 aromatic carbocycles. The van der Waals surface area contributed by atoms with Crippen LogP contribution in [0.4, 0.5) is 17.1 Å². The van der Waals surface area contributed by atoms with Crippen LogP contribution < -0.4 is 4.90 Å². The minimum atomic E-state index is 0.847. The highest BCUT2D eigenvalue weighted by Gasteiger charge is 2.26. The van der Waals surface area contributed by atoms with E-state index in [0.717, 1.165) is 105 Å². The van der Waals surface area contributed by atoms with E-state index in [1.54, 1.807) is 0 Å². The van der Waals surface area contributed by atoms with Crippen molar-refractivity contribution in [1.29, 1.82) is 0 Å². The summed E-state index contributed by atoms with van der Waals surface area (Å²) in [6, 6.07) is 82.9. The van der Waals surface area contributed by atoms with Gasteiger partial charge >= 0.3 is 0 Å². The van der Waals surface area contributed by atoms with Crippen molar-refractivity contribution in [3.63, 3.8) is 0 Å². The van der Waals surface area contributed by atoms with Crippen LogP contribution in [0.2, 0.25) is 0 Å². The highest BCUT2D eigenvalue weighted by Crippen LogP contribution is 2.50. The van der Waals surface area contributed by atoms with Crippen molar-refractivity contribution in [2.75, 3.05) is 4.90 Å². The molecule has 0 aliphatic carbocycles. The monoisotopic (exact) mass is 842 g/mol. The van der Waals surface area contributed by atoms with Crippen molar-refractivity contribution in [1.82, 2.24) is 4.57 Å². The molecule has 0 radical (unpaired) electrons. The molecule has 0 saturated carbocycles. The van der Waals surface area contributed by atoms with Crippen molar-refractivity contribution >= 4 is 104 Å². The van der Waals surface area contributed by atoms with Gasteiger partial charge in [0.1, 0.15) is 22.3 Å². The maximum absolute atomic E-state index is 6.98. The molecule has 4 heteroatoms. The summed E-state index contributed by atoms with van der Waals surface area (Å²) < 4.78 is 15.9. The summed E-state index contributed by atoms with van der Waals surface area (Å²) in [4.78, 5) is 2.47. The van der Waals surface area contributed by atoms with E-state index in [1.807, 2.05) is 6.07 Å². The molecule has 0 amide bonds. The predicted octanol–water partition coefficient (Wildman–Crippen LogP) is 17.7. The summed E-state index contributed by atoms with van der Waals surface area (Å²) in [6.07, 6.45) is 0. The minimum Gasteiger partial charge on any atom is -0.456 e. The van der Waals surface area contributed by atoms with Gasteiger partial charge in [-0.25, -0.2) is 0 Å². The molecule has 0 aliphatic heterocycles. The number of nitrogens with zero attached hydrogens (tertiary/aromatic N) is 2. The Bertz CT molecular complexity index is 4210. The van der Waals surface area contributed by atoms with E-state index < -0.39 is 0 Å². The van der Waals surface area contributed by atoms with Gasteiger partial charge in [-0.05, 0) is 82.4 Å². The highest BCUT2D eigenvalue weighted by molar-refractivity contribution is 6.18. The number of fused-ring (bicyclic) bond motifs is 12. The number of hydrogen-bond donors (Lipinski definition) is 0. The molecular weight excluding hydrogens is 805 g/mol. The van der Waals surface area contributed by atoms with Crippen LogP contribution in [0.5, 0.6) is 0 Å². The first-order valence-electron chi connectivity index (χ1n) is 22.5. The van der Waals surface area contributed by atoms with E-state index in [-0.39, 0.29) is 0 Å². The Morgan fingerprint density at radius 1 is 0.318 bits per heavy atom. The Morgan fingerprint density at radius 2 is 0.894 bits per heavy atom. The van der Waals surface area contributed by atoms with Crippen molar-refractivity contribution in [3.8, 4) is 27.9 Å². The van der Waals surface area contributed by atoms with Crippen LogP contribution in [0.25, 0.3) is 115 Å². The molecule has 0 unspecified atom stereocenters. The van der Waals surface area contributed by atoms with Gasteiger partial charge in [0.2, 0.25) is 0 Å². The Labute approximate surface area is 379 Å². The van der Waals surface area contributed by atoms with Crippen molar-refractivity contribution in [2.45, 2.75) is 0 Å². The van der Waals surface area contributed by atoms with E-state index in [4.69, 9.17) is 8.83 Å². The smallest absolute Gasteiger partial charge is 0.143 e. The van der Waals surface area contributed by atoms with Gasteiger partial charge in [-0.1, -0.05) is 170 Å². The predicted molar refractivity (Wildman–Crippen MR) is 276 cm³/mol. The second-order valence-electron chi connectivity index (χ2n) is 17.1. The molecule has 0 spiro atoms. The van der Waals surface area contributed by atoms with Crippen molar-refractivity contribution in [3.05, 3.63) is 231 Å². The fraction of sp³-hybridized carbons (Fsp3) is 0. The normalized spacial score (nSPS) is 11.9. The first-order valence-corrected chi connectivity index (χ1v) is 22.5. The van der Waals surface area contributed by atoms with Crippen LogP contribution in [-0.2, 0) is 0 Å². The van der Waals surface area contributed by atoms with E-state index in [9.17, 15) is 0 Å². The molecule has 14 rings (SSSR count). The van der Waals surface area contributed by atoms with E-state index in [0.29, 0.717) is 0 Å². The molecule has 0 saturated heterocycles. The average molecular weight is 843 g/mol. The molecule has 0 N–H and O–H groups in total.